The Balaban J connectivity index is 1.65. The van der Waals surface area contributed by atoms with Crippen LogP contribution in [0.4, 0.5) is 0 Å². The third-order valence-corrected chi connectivity index (χ3v) is 4.80. The molecule has 1 saturated carbocycles. The van der Waals surface area contributed by atoms with Crippen molar-refractivity contribution in [2.24, 2.45) is 11.8 Å². The van der Waals surface area contributed by atoms with Crippen LogP contribution >= 0.6 is 0 Å². The first-order chi connectivity index (χ1) is 8.36. The fraction of sp³-hybridized carbons (Fsp3) is 0.929. The maximum atomic E-state index is 12.5. The Hall–Kier alpha value is -0.570. The highest BCUT2D eigenvalue weighted by molar-refractivity contribution is 5.79. The number of ether oxygens (including phenoxy) is 1. The van der Waals surface area contributed by atoms with Gasteiger partial charge in [-0.15, -0.1) is 0 Å². The van der Waals surface area contributed by atoms with Gasteiger partial charge in [-0.3, -0.25) is 4.79 Å². The van der Waals surface area contributed by atoms with Crippen molar-refractivity contribution in [1.82, 2.24) is 4.90 Å². The number of carbonyl (C=O) groups is 1. The van der Waals surface area contributed by atoms with E-state index in [1.807, 2.05) is 0 Å². The van der Waals surface area contributed by atoms with E-state index in [1.54, 1.807) is 0 Å². The lowest BCUT2D eigenvalue weighted by molar-refractivity contribution is -0.141. The summed E-state index contributed by atoms with van der Waals surface area (Å²) in [5, 5.41) is 0. The Morgan fingerprint density at radius 2 is 1.94 bits per heavy atom. The van der Waals surface area contributed by atoms with Crippen LogP contribution in [0.15, 0.2) is 0 Å². The van der Waals surface area contributed by atoms with Crippen molar-refractivity contribution in [2.45, 2.75) is 51.0 Å². The molecule has 2 heterocycles. The highest BCUT2D eigenvalue weighted by atomic mass is 16.5. The van der Waals surface area contributed by atoms with Crippen molar-refractivity contribution < 1.29 is 9.53 Å². The van der Waals surface area contributed by atoms with E-state index in [-0.39, 0.29) is 5.92 Å². The quantitative estimate of drug-likeness (QED) is 0.699. The van der Waals surface area contributed by atoms with Gasteiger partial charge in [0.25, 0.3) is 0 Å². The fourth-order valence-electron chi connectivity index (χ4n) is 3.85. The molecule has 0 aromatic heterocycles. The van der Waals surface area contributed by atoms with Crippen LogP contribution in [0.25, 0.3) is 0 Å². The Kier molecular flexibility index (Phi) is 3.37. The van der Waals surface area contributed by atoms with Gasteiger partial charge in [-0.2, -0.15) is 0 Å². The normalized spacial score (nSPS) is 37.9. The van der Waals surface area contributed by atoms with Gasteiger partial charge in [-0.25, -0.2) is 0 Å². The third-order valence-electron chi connectivity index (χ3n) is 4.80. The van der Waals surface area contributed by atoms with Crippen molar-refractivity contribution >= 4 is 5.91 Å². The molecule has 3 nitrogen and oxygen atoms in total. The number of carbonyl (C=O) groups excluding carboxylic acids is 1. The molecule has 2 aliphatic heterocycles. The summed E-state index contributed by atoms with van der Waals surface area (Å²) in [5.41, 5.74) is 0. The Morgan fingerprint density at radius 1 is 1.06 bits per heavy atom. The monoisotopic (exact) mass is 237 g/mol. The molecule has 0 N–H and O–H groups in total. The van der Waals surface area contributed by atoms with Crippen molar-refractivity contribution in [3.63, 3.8) is 0 Å². The lowest BCUT2D eigenvalue weighted by atomic mass is 9.85. The first-order valence-electron chi connectivity index (χ1n) is 7.24. The second-order valence-electron chi connectivity index (χ2n) is 5.85. The molecular weight excluding hydrogens is 214 g/mol. The molecule has 0 radical (unpaired) electrons. The van der Waals surface area contributed by atoms with E-state index < -0.39 is 0 Å². The predicted molar refractivity (Wildman–Crippen MR) is 65.6 cm³/mol. The number of likely N-dealkylation sites (tertiary alicyclic amines) is 1. The van der Waals surface area contributed by atoms with Gasteiger partial charge in [0.2, 0.25) is 5.91 Å². The van der Waals surface area contributed by atoms with Crippen LogP contribution in [-0.4, -0.2) is 36.6 Å². The summed E-state index contributed by atoms with van der Waals surface area (Å²) in [6, 6.07) is 0.568. The maximum absolute atomic E-state index is 12.5. The van der Waals surface area contributed by atoms with Gasteiger partial charge < -0.3 is 9.64 Å². The van der Waals surface area contributed by atoms with E-state index in [0.717, 1.165) is 31.9 Å². The summed E-state index contributed by atoms with van der Waals surface area (Å²) in [6.45, 7) is 2.51. The number of rotatable bonds is 1. The minimum atomic E-state index is 0.157. The van der Waals surface area contributed by atoms with Crippen LogP contribution in [0.2, 0.25) is 0 Å². The van der Waals surface area contributed by atoms with Crippen molar-refractivity contribution in [1.29, 1.82) is 0 Å². The molecule has 3 heteroatoms. The minimum Gasteiger partial charge on any atom is -0.381 e. The van der Waals surface area contributed by atoms with Crippen molar-refractivity contribution in [3.8, 4) is 0 Å². The first kappa shape index (κ1) is 11.5. The molecular formula is C14H23NO2. The number of hydrogen-bond donors (Lipinski definition) is 0. The SMILES string of the molecule is O=C(C1CCCOC1)N1CCC2CCCCC21. The van der Waals surface area contributed by atoms with Gasteiger partial charge in [0.15, 0.2) is 0 Å². The minimum absolute atomic E-state index is 0.157. The zero-order chi connectivity index (χ0) is 11.7. The van der Waals surface area contributed by atoms with Gasteiger partial charge in [-0.05, 0) is 38.0 Å². The van der Waals surface area contributed by atoms with Crippen LogP contribution in [0.5, 0.6) is 0 Å². The van der Waals surface area contributed by atoms with Gasteiger partial charge in [0, 0.05) is 19.2 Å². The van der Waals surface area contributed by atoms with Crippen molar-refractivity contribution in [2.75, 3.05) is 19.8 Å². The van der Waals surface area contributed by atoms with Crippen LogP contribution in [0, 0.1) is 11.8 Å². The maximum Gasteiger partial charge on any atom is 0.228 e. The standard InChI is InChI=1S/C14H23NO2/c16-14(12-5-3-9-17-10-12)15-8-7-11-4-1-2-6-13(11)15/h11-13H,1-10H2. The molecule has 1 amide bonds. The van der Waals surface area contributed by atoms with Gasteiger partial charge in [0.05, 0.1) is 12.5 Å². The molecule has 3 aliphatic rings. The van der Waals surface area contributed by atoms with Crippen LogP contribution in [-0.2, 0) is 9.53 Å². The first-order valence-corrected chi connectivity index (χ1v) is 7.24. The van der Waals surface area contributed by atoms with Crippen LogP contribution < -0.4 is 0 Å². The molecule has 0 aromatic rings. The molecule has 1 aliphatic carbocycles. The number of nitrogens with zero attached hydrogens (tertiary/aromatic N) is 1. The molecule has 3 unspecified atom stereocenters. The van der Waals surface area contributed by atoms with E-state index >= 15 is 0 Å². The lowest BCUT2D eigenvalue weighted by Gasteiger charge is -2.34. The van der Waals surface area contributed by atoms with Crippen LogP contribution in [0.3, 0.4) is 0 Å². The van der Waals surface area contributed by atoms with Gasteiger partial charge in [0.1, 0.15) is 0 Å². The molecule has 0 bridgehead atoms. The molecule has 3 atom stereocenters. The zero-order valence-corrected chi connectivity index (χ0v) is 10.6. The molecule has 2 saturated heterocycles. The summed E-state index contributed by atoms with van der Waals surface area (Å²) < 4.78 is 5.45. The molecule has 96 valence electrons. The Labute approximate surface area is 104 Å². The van der Waals surface area contributed by atoms with E-state index in [9.17, 15) is 4.79 Å². The third kappa shape index (κ3) is 2.22. The van der Waals surface area contributed by atoms with E-state index in [4.69, 9.17) is 4.74 Å². The summed E-state index contributed by atoms with van der Waals surface area (Å²) in [4.78, 5) is 14.7. The second kappa shape index (κ2) is 4.97. The highest BCUT2D eigenvalue weighted by Crippen LogP contribution is 2.37. The highest BCUT2D eigenvalue weighted by Gasteiger charge is 2.40. The lowest BCUT2D eigenvalue weighted by Crippen LogP contribution is -2.44. The van der Waals surface area contributed by atoms with Gasteiger partial charge in [-0.1, -0.05) is 12.8 Å². The second-order valence-corrected chi connectivity index (χ2v) is 5.85. The van der Waals surface area contributed by atoms with Crippen LogP contribution in [0.1, 0.15) is 44.9 Å². The summed E-state index contributed by atoms with van der Waals surface area (Å²) in [7, 11) is 0. The Morgan fingerprint density at radius 3 is 2.76 bits per heavy atom. The number of fused-ring (bicyclic) bond motifs is 1. The predicted octanol–water partition coefficient (Wildman–Crippen LogP) is 2.20. The average Bonchev–Trinajstić information content (AvgIpc) is 2.83. The molecule has 3 rings (SSSR count). The molecule has 3 fully saturated rings. The smallest absolute Gasteiger partial charge is 0.228 e. The summed E-state index contributed by atoms with van der Waals surface area (Å²) in [6.07, 6.45) is 8.59. The summed E-state index contributed by atoms with van der Waals surface area (Å²) in [5.74, 6) is 1.35. The Bertz CT molecular complexity index is 286. The fourth-order valence-corrected chi connectivity index (χ4v) is 3.85. The van der Waals surface area contributed by atoms with E-state index in [1.165, 1.54) is 32.1 Å². The topological polar surface area (TPSA) is 29.5 Å². The van der Waals surface area contributed by atoms with Gasteiger partial charge >= 0.3 is 0 Å². The number of amides is 1. The number of hydrogen-bond acceptors (Lipinski definition) is 2. The van der Waals surface area contributed by atoms with E-state index in [2.05, 4.69) is 4.90 Å². The molecule has 0 aromatic carbocycles. The van der Waals surface area contributed by atoms with Crippen molar-refractivity contribution in [3.05, 3.63) is 0 Å². The van der Waals surface area contributed by atoms with E-state index in [0.29, 0.717) is 18.6 Å². The average molecular weight is 237 g/mol. The zero-order valence-electron chi connectivity index (χ0n) is 10.6. The molecule has 0 spiro atoms. The summed E-state index contributed by atoms with van der Waals surface area (Å²) >= 11 is 0. The molecule has 17 heavy (non-hydrogen) atoms. The largest absolute Gasteiger partial charge is 0.381 e.